The van der Waals surface area contributed by atoms with Crippen molar-refractivity contribution in [2.24, 2.45) is 0 Å². The highest BCUT2D eigenvalue weighted by Crippen LogP contribution is 2.39. The Kier molecular flexibility index (Phi) is 3.58. The molecule has 1 aliphatic carbocycles. The van der Waals surface area contributed by atoms with Gasteiger partial charge in [-0.3, -0.25) is 4.79 Å². The van der Waals surface area contributed by atoms with Gasteiger partial charge in [-0.05, 0) is 42.2 Å². The van der Waals surface area contributed by atoms with Crippen LogP contribution in [0.5, 0.6) is 0 Å². The number of hydrogen-bond donors (Lipinski definition) is 1. The first kappa shape index (κ1) is 14.3. The number of fused-ring (bicyclic) bond motifs is 3. The molecule has 1 atom stereocenters. The highest BCUT2D eigenvalue weighted by atomic mass is 35.5. The van der Waals surface area contributed by atoms with Gasteiger partial charge in [-0.15, -0.1) is 0 Å². The molecule has 4 heteroatoms. The van der Waals surface area contributed by atoms with Gasteiger partial charge in [0.2, 0.25) is 6.41 Å². The lowest BCUT2D eigenvalue weighted by atomic mass is 9.92. The third-order valence-corrected chi connectivity index (χ3v) is 4.82. The van der Waals surface area contributed by atoms with Gasteiger partial charge < -0.3 is 9.88 Å². The monoisotopic (exact) mass is 324 g/mol. The molecule has 0 fully saturated rings. The third-order valence-electron chi connectivity index (χ3n) is 4.58. The molecule has 1 aromatic heterocycles. The van der Waals surface area contributed by atoms with Crippen LogP contribution in [0.25, 0.3) is 10.9 Å². The number of hydrogen-bond acceptors (Lipinski definition) is 1. The number of nitrogens with zero attached hydrogens (tertiary/aromatic N) is 1. The lowest BCUT2D eigenvalue weighted by Crippen LogP contribution is -2.35. The Labute approximate surface area is 139 Å². The number of H-pyrrole nitrogens is 1. The van der Waals surface area contributed by atoms with E-state index in [1.165, 1.54) is 5.56 Å². The first-order valence-electron chi connectivity index (χ1n) is 7.82. The molecule has 1 unspecified atom stereocenters. The molecule has 1 N–H and O–H groups in total. The summed E-state index contributed by atoms with van der Waals surface area (Å²) in [7, 11) is 0. The summed E-state index contributed by atoms with van der Waals surface area (Å²) in [5, 5.41) is 1.90. The number of nitrogens with one attached hydrogen (secondary N) is 1. The van der Waals surface area contributed by atoms with E-state index in [2.05, 4.69) is 35.4 Å². The minimum absolute atomic E-state index is 0.0681. The molecule has 1 aromatic carbocycles. The molecule has 4 rings (SSSR count). The molecule has 0 saturated carbocycles. The zero-order valence-electron chi connectivity index (χ0n) is 12.6. The average molecular weight is 325 g/mol. The van der Waals surface area contributed by atoms with Crippen LogP contribution in [0.15, 0.2) is 54.2 Å². The molecular formula is C19H17ClN2O. The minimum Gasteiger partial charge on any atom is -0.356 e. The number of rotatable bonds is 2. The van der Waals surface area contributed by atoms with E-state index in [4.69, 9.17) is 11.6 Å². The SMILES string of the molecule is O=CN1CCc2c([nH]c3ccc(Cl)cc23)C1C1=CC=CCC=C1. The molecule has 0 saturated heterocycles. The van der Waals surface area contributed by atoms with Gasteiger partial charge in [0.05, 0.1) is 6.04 Å². The van der Waals surface area contributed by atoms with Gasteiger partial charge in [-0.25, -0.2) is 0 Å². The van der Waals surface area contributed by atoms with Gasteiger partial charge in [0.15, 0.2) is 0 Å². The molecule has 0 radical (unpaired) electrons. The normalized spacial score (nSPS) is 20.3. The fraction of sp³-hybridized carbons (Fsp3) is 0.211. The van der Waals surface area contributed by atoms with Crippen molar-refractivity contribution < 1.29 is 4.79 Å². The maximum absolute atomic E-state index is 11.6. The van der Waals surface area contributed by atoms with Gasteiger partial charge in [0, 0.05) is 28.2 Å². The molecule has 2 aromatic rings. The Balaban J connectivity index is 1.91. The zero-order valence-corrected chi connectivity index (χ0v) is 13.4. The molecule has 2 aliphatic rings. The number of benzene rings is 1. The second-order valence-corrected chi connectivity index (χ2v) is 6.37. The second kappa shape index (κ2) is 5.74. The summed E-state index contributed by atoms with van der Waals surface area (Å²) in [5.74, 6) is 0. The Morgan fingerprint density at radius 2 is 2.22 bits per heavy atom. The van der Waals surface area contributed by atoms with Crippen LogP contribution < -0.4 is 0 Å². The Bertz CT molecular complexity index is 860. The van der Waals surface area contributed by atoms with Gasteiger partial charge in [0.1, 0.15) is 0 Å². The van der Waals surface area contributed by atoms with E-state index >= 15 is 0 Å². The van der Waals surface area contributed by atoms with E-state index in [0.29, 0.717) is 0 Å². The van der Waals surface area contributed by atoms with Crippen LogP contribution in [0.1, 0.15) is 23.7 Å². The van der Waals surface area contributed by atoms with Crippen molar-refractivity contribution in [2.75, 3.05) is 6.54 Å². The van der Waals surface area contributed by atoms with Crippen molar-refractivity contribution >= 4 is 28.9 Å². The Hall–Kier alpha value is -2.26. The quantitative estimate of drug-likeness (QED) is 0.820. The highest BCUT2D eigenvalue weighted by molar-refractivity contribution is 6.31. The summed E-state index contributed by atoms with van der Waals surface area (Å²) >= 11 is 6.17. The summed E-state index contributed by atoms with van der Waals surface area (Å²) in [6, 6.07) is 5.85. The number of amides is 1. The van der Waals surface area contributed by atoms with Crippen LogP contribution in [-0.4, -0.2) is 22.8 Å². The zero-order chi connectivity index (χ0) is 15.8. The van der Waals surface area contributed by atoms with Crippen molar-refractivity contribution in [1.82, 2.24) is 9.88 Å². The highest BCUT2D eigenvalue weighted by Gasteiger charge is 2.31. The van der Waals surface area contributed by atoms with E-state index < -0.39 is 0 Å². The molecule has 2 heterocycles. The van der Waals surface area contributed by atoms with Crippen LogP contribution >= 0.6 is 11.6 Å². The van der Waals surface area contributed by atoms with E-state index in [1.807, 2.05) is 23.1 Å². The maximum Gasteiger partial charge on any atom is 0.210 e. The standard InChI is InChI=1S/C19H17ClN2O/c20-14-7-8-17-16(11-14)15-9-10-22(12-23)19(18(15)21-17)13-5-3-1-2-4-6-13/h1,3-8,11-12,19,21H,2,9-10H2. The first-order chi connectivity index (χ1) is 11.3. The molecule has 0 spiro atoms. The molecule has 1 amide bonds. The Morgan fingerprint density at radius 3 is 3.09 bits per heavy atom. The topological polar surface area (TPSA) is 36.1 Å². The fourth-order valence-corrected chi connectivity index (χ4v) is 3.70. The predicted octanol–water partition coefficient (Wildman–Crippen LogP) is 4.32. The van der Waals surface area contributed by atoms with Crippen molar-refractivity contribution in [3.63, 3.8) is 0 Å². The van der Waals surface area contributed by atoms with Gasteiger partial charge in [-0.2, -0.15) is 0 Å². The number of carbonyl (C=O) groups excluding carboxylic acids is 1. The largest absolute Gasteiger partial charge is 0.356 e. The predicted molar refractivity (Wildman–Crippen MR) is 93.5 cm³/mol. The number of carbonyl (C=O) groups is 1. The number of halogens is 1. The Morgan fingerprint density at radius 1 is 1.30 bits per heavy atom. The number of allylic oxidation sites excluding steroid dienone is 4. The number of aromatic nitrogens is 1. The summed E-state index contributed by atoms with van der Waals surface area (Å²) in [4.78, 5) is 17.0. The van der Waals surface area contributed by atoms with E-state index in [9.17, 15) is 4.79 Å². The lowest BCUT2D eigenvalue weighted by Gasteiger charge is -2.33. The smallest absolute Gasteiger partial charge is 0.210 e. The van der Waals surface area contributed by atoms with Gasteiger partial charge >= 0.3 is 0 Å². The average Bonchev–Trinajstić information content (AvgIpc) is 2.74. The van der Waals surface area contributed by atoms with Crippen molar-refractivity contribution in [1.29, 1.82) is 0 Å². The molecular weight excluding hydrogens is 308 g/mol. The van der Waals surface area contributed by atoms with Crippen LogP contribution in [-0.2, 0) is 11.2 Å². The van der Waals surface area contributed by atoms with Crippen LogP contribution in [0.3, 0.4) is 0 Å². The molecule has 3 nitrogen and oxygen atoms in total. The molecule has 0 bridgehead atoms. The lowest BCUT2D eigenvalue weighted by molar-refractivity contribution is -0.120. The van der Waals surface area contributed by atoms with Crippen molar-refractivity contribution in [2.45, 2.75) is 18.9 Å². The first-order valence-corrected chi connectivity index (χ1v) is 8.20. The molecule has 116 valence electrons. The van der Waals surface area contributed by atoms with E-state index in [-0.39, 0.29) is 6.04 Å². The molecule has 23 heavy (non-hydrogen) atoms. The molecule has 1 aliphatic heterocycles. The van der Waals surface area contributed by atoms with Crippen LogP contribution in [0.2, 0.25) is 5.02 Å². The van der Waals surface area contributed by atoms with Crippen LogP contribution in [0.4, 0.5) is 0 Å². The van der Waals surface area contributed by atoms with Gasteiger partial charge in [0.25, 0.3) is 0 Å². The van der Waals surface area contributed by atoms with E-state index in [0.717, 1.165) is 53.0 Å². The number of aromatic amines is 1. The summed E-state index contributed by atoms with van der Waals surface area (Å²) < 4.78 is 0. The minimum atomic E-state index is -0.0681. The van der Waals surface area contributed by atoms with E-state index in [1.54, 1.807) is 0 Å². The van der Waals surface area contributed by atoms with Crippen LogP contribution in [0, 0.1) is 0 Å². The van der Waals surface area contributed by atoms with Gasteiger partial charge in [-0.1, -0.05) is 42.0 Å². The van der Waals surface area contributed by atoms with Crippen molar-refractivity contribution in [3.8, 4) is 0 Å². The summed E-state index contributed by atoms with van der Waals surface area (Å²) in [6.07, 6.45) is 13.2. The third kappa shape index (κ3) is 2.41. The maximum atomic E-state index is 11.6. The van der Waals surface area contributed by atoms with Crippen molar-refractivity contribution in [3.05, 3.63) is 70.4 Å². The fourth-order valence-electron chi connectivity index (χ4n) is 3.53. The summed E-state index contributed by atoms with van der Waals surface area (Å²) in [6.45, 7) is 0.718. The second-order valence-electron chi connectivity index (χ2n) is 5.94. The summed E-state index contributed by atoms with van der Waals surface area (Å²) in [5.41, 5.74) is 4.58.